The van der Waals surface area contributed by atoms with Crippen LogP contribution in [0.5, 0.6) is 0 Å². The van der Waals surface area contributed by atoms with Crippen LogP contribution in [-0.4, -0.2) is 5.17 Å². The molecule has 1 aliphatic carbocycles. The molecule has 0 radical (unpaired) electrons. The lowest BCUT2D eigenvalue weighted by molar-refractivity contribution is 0.398. The molecular formula is C18H20N2S. The van der Waals surface area contributed by atoms with Crippen LogP contribution in [-0.2, 0) is 5.54 Å². The van der Waals surface area contributed by atoms with Crippen molar-refractivity contribution in [1.29, 1.82) is 0 Å². The summed E-state index contributed by atoms with van der Waals surface area (Å²) in [6.45, 7) is 0. The molecule has 1 atom stereocenters. The smallest absolute Gasteiger partial charge is 0.159 e. The van der Waals surface area contributed by atoms with E-state index in [2.05, 4.69) is 41.8 Å². The van der Waals surface area contributed by atoms with Gasteiger partial charge in [0, 0.05) is 0 Å². The van der Waals surface area contributed by atoms with E-state index < -0.39 is 0 Å². The van der Waals surface area contributed by atoms with Gasteiger partial charge in [-0.1, -0.05) is 72.8 Å². The van der Waals surface area contributed by atoms with Gasteiger partial charge >= 0.3 is 0 Å². The van der Waals surface area contributed by atoms with Crippen LogP contribution in [0.1, 0.15) is 31.2 Å². The van der Waals surface area contributed by atoms with Gasteiger partial charge in [0.05, 0.1) is 0 Å². The Hall–Kier alpha value is -1.74. The number of hydrogen-bond donors (Lipinski definition) is 1. The molecule has 1 unspecified atom stereocenters. The fourth-order valence-corrected chi connectivity index (χ4v) is 3.84. The van der Waals surface area contributed by atoms with E-state index in [0.29, 0.717) is 5.17 Å². The zero-order chi connectivity index (χ0) is 14.5. The highest BCUT2D eigenvalue weighted by atomic mass is 32.2. The van der Waals surface area contributed by atoms with Gasteiger partial charge in [-0.05, 0) is 35.8 Å². The van der Waals surface area contributed by atoms with Crippen LogP contribution in [0.2, 0.25) is 0 Å². The summed E-state index contributed by atoms with van der Waals surface area (Å²) in [7, 11) is 0. The summed E-state index contributed by atoms with van der Waals surface area (Å²) in [5.74, 6) is 0. The summed E-state index contributed by atoms with van der Waals surface area (Å²) in [4.78, 5) is 4.88. The van der Waals surface area contributed by atoms with Crippen LogP contribution in [0.15, 0.2) is 70.6 Å². The Balaban J connectivity index is 2.15. The molecule has 0 amide bonds. The lowest BCUT2D eigenvalue weighted by Crippen LogP contribution is -2.33. The Bertz CT molecular complexity index is 610. The summed E-state index contributed by atoms with van der Waals surface area (Å²) in [5.41, 5.74) is 8.43. The minimum Gasteiger partial charge on any atom is -0.378 e. The molecule has 2 N–H and O–H groups in total. The lowest BCUT2D eigenvalue weighted by Gasteiger charge is -2.38. The Labute approximate surface area is 130 Å². The predicted molar refractivity (Wildman–Crippen MR) is 91.5 cm³/mol. The third-order valence-corrected chi connectivity index (χ3v) is 4.82. The number of hydrogen-bond acceptors (Lipinski definition) is 3. The second kappa shape index (κ2) is 6.35. The molecule has 1 aromatic carbocycles. The Morgan fingerprint density at radius 1 is 0.952 bits per heavy atom. The molecule has 0 aromatic heterocycles. The van der Waals surface area contributed by atoms with Crippen LogP contribution in [0, 0.1) is 0 Å². The SMILES string of the molecule is NC1=NC2(c3ccccccccc3)CCCCC2=CS1. The Morgan fingerprint density at radius 2 is 1.62 bits per heavy atom. The summed E-state index contributed by atoms with van der Waals surface area (Å²) >= 11 is 1.55. The van der Waals surface area contributed by atoms with Crippen molar-refractivity contribution < 1.29 is 0 Å². The van der Waals surface area contributed by atoms with E-state index in [4.69, 9.17) is 10.7 Å². The number of thioether (sulfide) groups is 1. The number of nitrogens with two attached hydrogens (primary N) is 1. The van der Waals surface area contributed by atoms with Crippen molar-refractivity contribution in [1.82, 2.24) is 0 Å². The topological polar surface area (TPSA) is 38.4 Å². The first-order chi connectivity index (χ1) is 10.3. The maximum Gasteiger partial charge on any atom is 0.159 e. The van der Waals surface area contributed by atoms with Crippen molar-refractivity contribution in [2.24, 2.45) is 10.7 Å². The van der Waals surface area contributed by atoms with Gasteiger partial charge in [-0.3, -0.25) is 0 Å². The number of rotatable bonds is 1. The van der Waals surface area contributed by atoms with E-state index >= 15 is 0 Å². The van der Waals surface area contributed by atoms with Crippen molar-refractivity contribution in [2.45, 2.75) is 31.2 Å². The number of aliphatic imine (C=N–C) groups is 1. The number of amidine groups is 1. The summed E-state index contributed by atoms with van der Waals surface area (Å²) in [6.07, 6.45) is 4.61. The van der Waals surface area contributed by atoms with Crippen molar-refractivity contribution in [3.8, 4) is 0 Å². The summed E-state index contributed by atoms with van der Waals surface area (Å²) in [6, 6.07) is 18.7. The van der Waals surface area contributed by atoms with Crippen LogP contribution in [0.3, 0.4) is 0 Å². The molecule has 1 saturated carbocycles. The van der Waals surface area contributed by atoms with Crippen molar-refractivity contribution in [3.05, 3.63) is 71.1 Å². The molecule has 1 aliphatic heterocycles. The Kier molecular flexibility index (Phi) is 4.30. The van der Waals surface area contributed by atoms with Gasteiger partial charge in [-0.25, -0.2) is 4.99 Å². The van der Waals surface area contributed by atoms with E-state index in [0.717, 1.165) is 12.8 Å². The standard InChI is InChI=1S/C18H20N2S/c19-17-20-18(13-9-8-12-16(18)14-21-17)15-10-6-4-2-1-3-5-7-11-15/h1-7,10-11,14H,8-9,12-13H2,(H2,19,20). The molecule has 2 aliphatic rings. The van der Waals surface area contributed by atoms with Crippen LogP contribution >= 0.6 is 11.8 Å². The van der Waals surface area contributed by atoms with Crippen molar-refractivity contribution in [3.63, 3.8) is 0 Å². The van der Waals surface area contributed by atoms with Crippen molar-refractivity contribution in [2.75, 3.05) is 0 Å². The molecule has 1 aromatic rings. The van der Waals surface area contributed by atoms with Crippen molar-refractivity contribution >= 4 is 16.9 Å². The first kappa shape index (κ1) is 14.2. The monoisotopic (exact) mass is 296 g/mol. The number of fused-ring (bicyclic) bond motifs is 1. The average Bonchev–Trinajstić information content (AvgIpc) is 2.52. The molecular weight excluding hydrogens is 276 g/mol. The van der Waals surface area contributed by atoms with Crippen LogP contribution in [0.4, 0.5) is 0 Å². The molecule has 3 rings (SSSR count). The molecule has 0 bridgehead atoms. The fourth-order valence-electron chi connectivity index (χ4n) is 3.06. The zero-order valence-corrected chi connectivity index (χ0v) is 12.9. The predicted octanol–water partition coefficient (Wildman–Crippen LogP) is 4.53. The molecule has 108 valence electrons. The highest BCUT2D eigenvalue weighted by Crippen LogP contribution is 2.47. The highest BCUT2D eigenvalue weighted by molar-refractivity contribution is 8.16. The maximum absolute atomic E-state index is 6.03. The Morgan fingerprint density at radius 3 is 2.33 bits per heavy atom. The van der Waals surface area contributed by atoms with Gasteiger partial charge in [0.2, 0.25) is 0 Å². The van der Waals surface area contributed by atoms with E-state index in [9.17, 15) is 0 Å². The minimum atomic E-state index is -0.245. The second-order valence-corrected chi connectivity index (χ2v) is 6.30. The second-order valence-electron chi connectivity index (χ2n) is 5.41. The van der Waals surface area contributed by atoms with Gasteiger partial charge in [0.15, 0.2) is 5.17 Å². The average molecular weight is 296 g/mol. The van der Waals surface area contributed by atoms with Gasteiger partial charge in [0.25, 0.3) is 0 Å². The normalized spacial score (nSPS) is 24.2. The van der Waals surface area contributed by atoms with Crippen LogP contribution in [0.25, 0.3) is 0 Å². The summed E-state index contributed by atoms with van der Waals surface area (Å²) in [5, 5.41) is 2.89. The molecule has 21 heavy (non-hydrogen) atoms. The highest BCUT2D eigenvalue weighted by Gasteiger charge is 2.39. The molecule has 1 heterocycles. The molecule has 2 nitrogen and oxygen atoms in total. The van der Waals surface area contributed by atoms with Gasteiger partial charge in [0.1, 0.15) is 5.54 Å². The fraction of sp³-hybridized carbons (Fsp3) is 0.278. The molecule has 3 heteroatoms. The van der Waals surface area contributed by atoms with Gasteiger partial charge in [-0.15, -0.1) is 0 Å². The largest absolute Gasteiger partial charge is 0.378 e. The number of nitrogens with zero attached hydrogens (tertiary/aromatic N) is 1. The molecule has 0 spiro atoms. The van der Waals surface area contributed by atoms with E-state index in [1.165, 1.54) is 24.0 Å². The first-order valence-electron chi connectivity index (χ1n) is 7.42. The quantitative estimate of drug-likeness (QED) is 0.827. The van der Waals surface area contributed by atoms with Gasteiger partial charge < -0.3 is 5.73 Å². The molecule has 1 fully saturated rings. The third-order valence-electron chi connectivity index (χ3n) is 4.08. The lowest BCUT2D eigenvalue weighted by atomic mass is 9.74. The van der Waals surface area contributed by atoms with Crippen LogP contribution < -0.4 is 5.73 Å². The zero-order valence-electron chi connectivity index (χ0n) is 12.0. The minimum absolute atomic E-state index is 0.245. The van der Waals surface area contributed by atoms with Gasteiger partial charge in [-0.2, -0.15) is 0 Å². The summed E-state index contributed by atoms with van der Waals surface area (Å²) < 4.78 is 0. The third kappa shape index (κ3) is 2.98. The van der Waals surface area contributed by atoms with E-state index in [1.807, 2.05) is 18.2 Å². The van der Waals surface area contributed by atoms with E-state index in [1.54, 1.807) is 11.8 Å². The molecule has 0 saturated heterocycles. The van der Waals surface area contributed by atoms with E-state index in [-0.39, 0.29) is 5.54 Å². The first-order valence-corrected chi connectivity index (χ1v) is 8.30. The maximum atomic E-state index is 6.03.